The van der Waals surface area contributed by atoms with Crippen LogP contribution in [-0.2, 0) is 0 Å². The van der Waals surface area contributed by atoms with Crippen LogP contribution in [0.2, 0.25) is 0 Å². The van der Waals surface area contributed by atoms with Crippen molar-refractivity contribution in [2.45, 2.75) is 25.7 Å². The minimum atomic E-state index is -1.48. The first-order valence-electron chi connectivity index (χ1n) is 7.99. The number of carboxylic acids is 1. The number of carbonyl (C=O) groups is 1. The summed E-state index contributed by atoms with van der Waals surface area (Å²) in [6, 6.07) is 4.63. The zero-order chi connectivity index (χ0) is 17.7. The van der Waals surface area contributed by atoms with Crippen molar-refractivity contribution in [1.82, 2.24) is 9.38 Å². The Kier molecular flexibility index (Phi) is 5.46. The van der Waals surface area contributed by atoms with Crippen LogP contribution in [0.25, 0.3) is 16.6 Å². The number of aromatic nitrogens is 2. The fourth-order valence-corrected chi connectivity index (χ4v) is 3.33. The van der Waals surface area contributed by atoms with Gasteiger partial charge in [0.05, 0.1) is 23.2 Å². The number of carboxylic acid groups (broad SMARTS) is 1. The van der Waals surface area contributed by atoms with Gasteiger partial charge < -0.3 is 9.90 Å². The maximum atomic E-state index is 14.2. The molecule has 1 saturated carbocycles. The van der Waals surface area contributed by atoms with Gasteiger partial charge in [-0.15, -0.1) is 0 Å². The number of fused-ring (bicyclic) bond motifs is 1. The Labute approximate surface area is 191 Å². The molecule has 7 heteroatoms. The molecule has 0 aromatic carbocycles. The van der Waals surface area contributed by atoms with Crippen molar-refractivity contribution in [3.8, 4) is 11.1 Å². The van der Waals surface area contributed by atoms with E-state index in [1.165, 1.54) is 22.9 Å². The molecule has 26 heavy (non-hydrogen) atoms. The zero-order valence-corrected chi connectivity index (χ0v) is 17.6. The van der Waals surface area contributed by atoms with Crippen molar-refractivity contribution in [2.75, 3.05) is 0 Å². The first-order chi connectivity index (χ1) is 12.0. The largest absolute Gasteiger partial charge is 1.00 e. The van der Waals surface area contributed by atoms with E-state index in [2.05, 4.69) is 4.98 Å². The van der Waals surface area contributed by atoms with E-state index in [0.29, 0.717) is 16.6 Å². The standard InChI is InChI=1S/C19H15FN2O3.K/c1-10-12(13-4-6-21-9-16(13)20)5-7-22-17(10)14(11-2-3-11)8-15(18(22)23)19(24)25;/h4-9,11H,2-3H2,1H3,(H,24,25);/q;+1/p-1. The third-order valence-corrected chi connectivity index (χ3v) is 4.71. The van der Waals surface area contributed by atoms with Crippen LogP contribution in [0.1, 0.15) is 40.2 Å². The third kappa shape index (κ3) is 3.18. The molecule has 0 spiro atoms. The Morgan fingerprint density at radius 2 is 2.04 bits per heavy atom. The van der Waals surface area contributed by atoms with Gasteiger partial charge in [-0.3, -0.25) is 14.2 Å². The van der Waals surface area contributed by atoms with Crippen LogP contribution in [0.5, 0.6) is 0 Å². The Morgan fingerprint density at radius 3 is 2.65 bits per heavy atom. The zero-order valence-electron chi connectivity index (χ0n) is 14.5. The Morgan fingerprint density at radius 1 is 1.31 bits per heavy atom. The third-order valence-electron chi connectivity index (χ3n) is 4.71. The van der Waals surface area contributed by atoms with E-state index in [9.17, 15) is 19.1 Å². The van der Waals surface area contributed by atoms with Gasteiger partial charge in [0.2, 0.25) is 0 Å². The number of pyridine rings is 3. The average Bonchev–Trinajstić information content (AvgIpc) is 3.41. The van der Waals surface area contributed by atoms with E-state index >= 15 is 0 Å². The van der Waals surface area contributed by atoms with E-state index in [0.717, 1.165) is 30.2 Å². The van der Waals surface area contributed by atoms with Crippen molar-refractivity contribution in [3.63, 3.8) is 0 Å². The van der Waals surface area contributed by atoms with Crippen molar-refractivity contribution in [1.29, 1.82) is 0 Å². The number of aryl methyl sites for hydroxylation is 1. The van der Waals surface area contributed by atoms with Gasteiger partial charge in [0.1, 0.15) is 5.82 Å². The van der Waals surface area contributed by atoms with Gasteiger partial charge in [-0.05, 0) is 60.6 Å². The topological polar surface area (TPSA) is 74.5 Å². The smallest absolute Gasteiger partial charge is 0.545 e. The number of hydrogen-bond donors (Lipinski definition) is 0. The summed E-state index contributed by atoms with van der Waals surface area (Å²) in [5.41, 5.74) is 2.25. The van der Waals surface area contributed by atoms with Crippen molar-refractivity contribution in [2.24, 2.45) is 0 Å². The Bertz CT molecular complexity index is 1090. The molecule has 3 heterocycles. The molecule has 5 nitrogen and oxygen atoms in total. The van der Waals surface area contributed by atoms with Gasteiger partial charge in [0, 0.05) is 18.0 Å². The molecule has 0 aliphatic heterocycles. The number of aromatic carboxylic acids is 1. The van der Waals surface area contributed by atoms with E-state index in [-0.39, 0.29) is 62.9 Å². The number of nitrogens with zero attached hydrogens (tertiary/aromatic N) is 2. The molecule has 0 N–H and O–H groups in total. The van der Waals surface area contributed by atoms with Crippen LogP contribution < -0.4 is 62.1 Å². The molecule has 3 aromatic heterocycles. The molecule has 3 aromatic rings. The minimum Gasteiger partial charge on any atom is -0.545 e. The molecule has 0 saturated heterocycles. The van der Waals surface area contributed by atoms with Crippen LogP contribution in [0, 0.1) is 12.7 Å². The second-order valence-corrected chi connectivity index (χ2v) is 6.31. The molecule has 1 aliphatic carbocycles. The van der Waals surface area contributed by atoms with Gasteiger partial charge >= 0.3 is 51.4 Å². The van der Waals surface area contributed by atoms with Crippen LogP contribution in [0.3, 0.4) is 0 Å². The number of rotatable bonds is 3. The van der Waals surface area contributed by atoms with E-state index in [4.69, 9.17) is 0 Å². The molecule has 0 atom stereocenters. The molecule has 4 rings (SSSR count). The van der Waals surface area contributed by atoms with Gasteiger partial charge in [-0.1, -0.05) is 0 Å². The molecular formula is C19H14FKN2O3. The predicted molar refractivity (Wildman–Crippen MR) is 87.9 cm³/mol. The van der Waals surface area contributed by atoms with Gasteiger partial charge in [0.15, 0.2) is 0 Å². The second-order valence-electron chi connectivity index (χ2n) is 6.31. The van der Waals surface area contributed by atoms with Crippen LogP contribution >= 0.6 is 0 Å². The molecule has 1 fully saturated rings. The molecule has 0 radical (unpaired) electrons. The summed E-state index contributed by atoms with van der Waals surface area (Å²) in [6.45, 7) is 1.81. The predicted octanol–water partition coefficient (Wildman–Crippen LogP) is -0.946. The van der Waals surface area contributed by atoms with Crippen molar-refractivity contribution >= 4 is 11.5 Å². The summed E-state index contributed by atoms with van der Waals surface area (Å²) in [5, 5.41) is 11.3. The van der Waals surface area contributed by atoms with Crippen molar-refractivity contribution in [3.05, 3.63) is 69.7 Å². The first kappa shape index (κ1) is 19.4. The number of halogens is 1. The normalized spacial score (nSPS) is 13.5. The van der Waals surface area contributed by atoms with Gasteiger partial charge in [-0.25, -0.2) is 4.39 Å². The Hall–Kier alpha value is -1.38. The number of carbonyl (C=O) groups excluding carboxylic acids is 1. The fraction of sp³-hybridized carbons (Fsp3) is 0.211. The monoisotopic (exact) mass is 376 g/mol. The van der Waals surface area contributed by atoms with Crippen molar-refractivity contribution < 1.29 is 65.7 Å². The summed E-state index contributed by atoms with van der Waals surface area (Å²) in [6.07, 6.45) is 6.03. The van der Waals surface area contributed by atoms with Crippen LogP contribution in [0.15, 0.2) is 41.6 Å². The molecular weight excluding hydrogens is 362 g/mol. The minimum absolute atomic E-state index is 0. The second kappa shape index (κ2) is 7.32. The fourth-order valence-electron chi connectivity index (χ4n) is 3.33. The quantitative estimate of drug-likeness (QED) is 0.553. The average molecular weight is 376 g/mol. The molecule has 1 aliphatic rings. The molecule has 126 valence electrons. The SMILES string of the molecule is Cc1c(-c2ccncc2F)ccn2c(=O)c(C(=O)[O-])cc(C3CC3)c12.[K+]. The van der Waals surface area contributed by atoms with Gasteiger partial charge in [0.25, 0.3) is 5.56 Å². The molecule has 0 unspecified atom stereocenters. The summed E-state index contributed by atoms with van der Waals surface area (Å²) in [5.74, 6) is -1.72. The summed E-state index contributed by atoms with van der Waals surface area (Å²) in [7, 11) is 0. The van der Waals surface area contributed by atoms with Gasteiger partial charge in [-0.2, -0.15) is 0 Å². The first-order valence-corrected chi connectivity index (χ1v) is 7.99. The maximum Gasteiger partial charge on any atom is 1.00 e. The van der Waals surface area contributed by atoms with E-state index < -0.39 is 17.3 Å². The van der Waals surface area contributed by atoms with Crippen LogP contribution in [0.4, 0.5) is 4.39 Å². The summed E-state index contributed by atoms with van der Waals surface area (Å²) in [4.78, 5) is 27.5. The molecule has 0 bridgehead atoms. The van der Waals surface area contributed by atoms with E-state index in [1.54, 1.807) is 12.1 Å². The summed E-state index contributed by atoms with van der Waals surface area (Å²) < 4.78 is 15.5. The molecule has 0 amide bonds. The van der Waals surface area contributed by atoms with Crippen LogP contribution in [-0.4, -0.2) is 15.4 Å². The number of hydrogen-bond acceptors (Lipinski definition) is 4. The Balaban J connectivity index is 0.00000196. The summed E-state index contributed by atoms with van der Waals surface area (Å²) >= 11 is 0. The maximum absolute atomic E-state index is 14.2. The van der Waals surface area contributed by atoms with E-state index in [1.807, 2.05) is 6.92 Å².